The van der Waals surface area contributed by atoms with Gasteiger partial charge in [-0.2, -0.15) is 21.6 Å². The third-order valence-electron chi connectivity index (χ3n) is 8.84. The van der Waals surface area contributed by atoms with Gasteiger partial charge < -0.3 is 14.4 Å². The van der Waals surface area contributed by atoms with Gasteiger partial charge in [0.1, 0.15) is 38.8 Å². The third-order valence-corrected chi connectivity index (χ3v) is 11.0. The number of allylic oxidation sites excluding steroid dienone is 9. The van der Waals surface area contributed by atoms with Crippen molar-refractivity contribution >= 4 is 56.6 Å². The summed E-state index contributed by atoms with van der Waals surface area (Å²) >= 11 is -0.518. The van der Waals surface area contributed by atoms with Crippen LogP contribution in [0, 0.1) is 0 Å². The standard InChI is InChI=1S/C41H39F6N4O8S2/c1-48(2)32-16-8-28(9-17-32)36-6-5-7-37(29-10-18-33(19-11-29)49(3)4)31-14-22-35(23-15-31)57-27-25-51(61(54,55)41(45,46)47)39(53)38(52)50(60-59-58-40(42,43)44)24-26-56-34-20-12-30(36)13-21-34/h5-23H,24-27H2,1-4H3/q+1. The summed E-state index contributed by atoms with van der Waals surface area (Å²) in [5, 5.41) is 0. The van der Waals surface area contributed by atoms with E-state index in [1.54, 1.807) is 36.4 Å². The van der Waals surface area contributed by atoms with Crippen molar-refractivity contribution in [2.45, 2.75) is 11.9 Å². The summed E-state index contributed by atoms with van der Waals surface area (Å²) in [7, 11) is 1.14. The van der Waals surface area contributed by atoms with Gasteiger partial charge in [-0.3, -0.25) is 9.59 Å². The molecule has 0 N–H and O–H groups in total. The molecule has 20 heteroatoms. The van der Waals surface area contributed by atoms with Crippen molar-refractivity contribution in [3.8, 4) is 11.5 Å². The van der Waals surface area contributed by atoms with Crippen molar-refractivity contribution in [3.05, 3.63) is 138 Å². The first-order valence-corrected chi connectivity index (χ1v) is 20.2. The Morgan fingerprint density at radius 1 is 0.721 bits per heavy atom. The molecule has 0 saturated carbocycles. The highest BCUT2D eigenvalue weighted by Crippen LogP contribution is 2.32. The van der Waals surface area contributed by atoms with Crippen LogP contribution < -0.4 is 14.4 Å². The SMILES string of the molecule is CN(C)c1ccc(/C2=C\C=CC(=C3C=CC(=[N+](C)C)C=C3)c3ccc(cc3)OCCN(SOOC(F)(F)F)C(=O)C(=O)N(S(=O)(=O)C(F)(F)F)CCOc3ccc2cc3)cc1. The van der Waals surface area contributed by atoms with Crippen molar-refractivity contribution in [2.75, 3.05) is 59.4 Å². The normalized spacial score (nSPS) is 17.0. The molecule has 0 saturated heterocycles. The molecular formula is C41H39F6N4O8S2+. The van der Waals surface area contributed by atoms with Gasteiger partial charge in [-0.25, -0.2) is 13.2 Å². The minimum Gasteiger partial charge on any atom is -0.492 e. The summed E-state index contributed by atoms with van der Waals surface area (Å²) in [5.41, 5.74) is 0.597. The lowest BCUT2D eigenvalue weighted by molar-refractivity contribution is -0.462. The van der Waals surface area contributed by atoms with E-state index in [0.717, 1.165) is 39.2 Å². The summed E-state index contributed by atoms with van der Waals surface area (Å²) < 4.78 is 121. The van der Waals surface area contributed by atoms with Crippen LogP contribution in [0.25, 0.3) is 11.1 Å². The lowest BCUT2D eigenvalue weighted by Gasteiger charge is -2.26. The summed E-state index contributed by atoms with van der Waals surface area (Å²) in [4.78, 5) is 31.6. The summed E-state index contributed by atoms with van der Waals surface area (Å²) in [6.45, 7) is -3.54. The summed E-state index contributed by atoms with van der Waals surface area (Å²) in [5.74, 6) is -4.02. The molecule has 1 aliphatic carbocycles. The Kier molecular flexibility index (Phi) is 14.9. The van der Waals surface area contributed by atoms with Crippen LogP contribution in [-0.4, -0.2) is 105 Å². The van der Waals surface area contributed by atoms with Gasteiger partial charge in [-0.05, 0) is 82.0 Å². The van der Waals surface area contributed by atoms with E-state index in [0.29, 0.717) is 5.56 Å². The Morgan fingerprint density at radius 3 is 1.75 bits per heavy atom. The number of rotatable bonds is 6. The zero-order chi connectivity index (χ0) is 44.5. The number of alkyl halides is 6. The fourth-order valence-electron chi connectivity index (χ4n) is 5.72. The number of anilines is 1. The topological polar surface area (TPSA) is 118 Å². The second-order valence-electron chi connectivity index (χ2n) is 13.4. The molecule has 324 valence electrons. The molecule has 0 unspecified atom stereocenters. The van der Waals surface area contributed by atoms with E-state index in [-0.39, 0.29) is 15.8 Å². The highest BCUT2D eigenvalue weighted by atomic mass is 32.2. The van der Waals surface area contributed by atoms with Crippen LogP contribution in [0.1, 0.15) is 16.7 Å². The van der Waals surface area contributed by atoms with Crippen LogP contribution in [0.15, 0.2) is 121 Å². The van der Waals surface area contributed by atoms with Crippen LogP contribution in [-0.2, 0) is 28.8 Å². The van der Waals surface area contributed by atoms with Crippen molar-refractivity contribution in [1.29, 1.82) is 0 Å². The summed E-state index contributed by atoms with van der Waals surface area (Å²) in [6.07, 6.45) is 8.20. The number of amides is 2. The fraction of sp³-hybridized carbons (Fsp3) is 0.244. The number of nitrogens with zero attached hydrogens (tertiary/aromatic N) is 4. The van der Waals surface area contributed by atoms with Gasteiger partial charge >= 0.3 is 33.7 Å². The minimum absolute atomic E-state index is 0.0650. The summed E-state index contributed by atoms with van der Waals surface area (Å²) in [6, 6.07) is 20.7. The maximum Gasteiger partial charge on any atom is 0.550 e. The number of hydrogen-bond acceptors (Lipinski definition) is 10. The molecule has 12 nitrogen and oxygen atoms in total. The number of benzene rings is 3. The Labute approximate surface area is 352 Å². The van der Waals surface area contributed by atoms with Crippen molar-refractivity contribution in [2.24, 2.45) is 0 Å². The highest BCUT2D eigenvalue weighted by Gasteiger charge is 2.53. The van der Waals surface area contributed by atoms with Gasteiger partial charge in [0.2, 0.25) is 0 Å². The number of carbonyl (C=O) groups is 2. The molecule has 4 bridgehead atoms. The lowest BCUT2D eigenvalue weighted by Crippen LogP contribution is -2.51. The molecule has 3 aromatic rings. The van der Waals surface area contributed by atoms with Crippen LogP contribution >= 0.6 is 12.2 Å². The van der Waals surface area contributed by atoms with E-state index in [1.165, 1.54) is 12.1 Å². The molecular weight excluding hydrogens is 855 g/mol. The molecule has 0 radical (unpaired) electrons. The maximum absolute atomic E-state index is 13.8. The molecule has 0 aromatic heterocycles. The average molecular weight is 894 g/mol. The van der Waals surface area contributed by atoms with Crippen molar-refractivity contribution in [3.63, 3.8) is 0 Å². The van der Waals surface area contributed by atoms with Crippen LogP contribution in [0.5, 0.6) is 11.5 Å². The number of ether oxygens (including phenoxy) is 2. The van der Waals surface area contributed by atoms with E-state index in [2.05, 4.69) is 9.22 Å². The van der Waals surface area contributed by atoms with Gasteiger partial charge in [-0.1, -0.05) is 54.6 Å². The molecule has 3 heterocycles. The smallest absolute Gasteiger partial charge is 0.492 e. The first kappa shape index (κ1) is 46.2. The highest BCUT2D eigenvalue weighted by molar-refractivity contribution is 7.93. The first-order chi connectivity index (χ1) is 28.7. The van der Waals surface area contributed by atoms with Crippen LogP contribution in [0.2, 0.25) is 0 Å². The van der Waals surface area contributed by atoms with Crippen LogP contribution in [0.3, 0.4) is 0 Å². The molecule has 0 spiro atoms. The van der Waals surface area contributed by atoms with Crippen molar-refractivity contribution < 1.29 is 67.6 Å². The molecule has 7 rings (SSSR count). The third kappa shape index (κ3) is 12.1. The molecule has 2 amide bonds. The van der Waals surface area contributed by atoms with Crippen molar-refractivity contribution in [1.82, 2.24) is 8.61 Å². The number of halogens is 6. The van der Waals surface area contributed by atoms with Gasteiger partial charge in [-0.15, -0.1) is 22.4 Å². The second kappa shape index (κ2) is 19.7. The second-order valence-corrected chi connectivity index (χ2v) is 16.0. The molecule has 61 heavy (non-hydrogen) atoms. The first-order valence-electron chi connectivity index (χ1n) is 18.1. The van der Waals surface area contributed by atoms with Gasteiger partial charge in [0.15, 0.2) is 17.9 Å². The number of sulfonamides is 1. The average Bonchev–Trinajstić information content (AvgIpc) is 3.21. The van der Waals surface area contributed by atoms with E-state index in [1.807, 2.05) is 104 Å². The monoisotopic (exact) mass is 893 g/mol. The predicted octanol–water partition coefficient (Wildman–Crippen LogP) is 7.34. The van der Waals surface area contributed by atoms with E-state index < -0.39 is 76.5 Å². The molecule has 4 aliphatic rings. The van der Waals surface area contributed by atoms with Gasteiger partial charge in [0, 0.05) is 31.9 Å². The molecule has 3 aromatic carbocycles. The van der Waals surface area contributed by atoms with E-state index >= 15 is 0 Å². The Morgan fingerprint density at radius 2 is 1.25 bits per heavy atom. The molecule has 0 fully saturated rings. The largest absolute Gasteiger partial charge is 0.550 e. The zero-order valence-electron chi connectivity index (χ0n) is 32.9. The molecule has 0 atom stereocenters. The quantitative estimate of drug-likeness (QED) is 0.0474. The zero-order valence-corrected chi connectivity index (χ0v) is 34.6. The number of carbonyl (C=O) groups excluding carboxylic acids is 2. The fourth-order valence-corrected chi connectivity index (χ4v) is 7.06. The van der Waals surface area contributed by atoms with Crippen LogP contribution in [0.4, 0.5) is 32.0 Å². The number of fused-ring (bicyclic) bond motifs is 2. The Balaban J connectivity index is 1.59. The Bertz CT molecular complexity index is 2350. The van der Waals surface area contributed by atoms with E-state index in [9.17, 15) is 44.3 Å². The van der Waals surface area contributed by atoms with E-state index in [4.69, 9.17) is 9.47 Å². The van der Waals surface area contributed by atoms with Gasteiger partial charge in [0.25, 0.3) is 0 Å². The van der Waals surface area contributed by atoms with Gasteiger partial charge in [0.05, 0.1) is 13.1 Å². The number of hydrogen-bond donors (Lipinski definition) is 0. The maximum atomic E-state index is 13.8. The predicted molar refractivity (Wildman–Crippen MR) is 217 cm³/mol. The molecule has 3 aliphatic heterocycles. The lowest BCUT2D eigenvalue weighted by atomic mass is 9.94. The minimum atomic E-state index is -6.53. The Hall–Kier alpha value is -5.83.